The summed E-state index contributed by atoms with van der Waals surface area (Å²) in [6, 6.07) is 9.13. The molecule has 1 aliphatic heterocycles. The Balaban J connectivity index is 1.43. The van der Waals surface area contributed by atoms with Gasteiger partial charge in [-0.15, -0.1) is 0 Å². The Bertz CT molecular complexity index is 640. The van der Waals surface area contributed by atoms with Gasteiger partial charge in [-0.25, -0.2) is 9.97 Å². The third-order valence-corrected chi connectivity index (χ3v) is 4.82. The molecule has 1 aliphatic carbocycles. The maximum atomic E-state index is 5.64. The van der Waals surface area contributed by atoms with Crippen molar-refractivity contribution < 1.29 is 0 Å². The van der Waals surface area contributed by atoms with Crippen molar-refractivity contribution in [2.75, 3.05) is 31.1 Å². The van der Waals surface area contributed by atoms with Gasteiger partial charge < -0.3 is 10.6 Å². The van der Waals surface area contributed by atoms with E-state index in [0.717, 1.165) is 54.9 Å². The van der Waals surface area contributed by atoms with Gasteiger partial charge in [-0.1, -0.05) is 24.3 Å². The van der Waals surface area contributed by atoms with Crippen LogP contribution in [0.25, 0.3) is 11.1 Å². The molecule has 0 amide bonds. The van der Waals surface area contributed by atoms with E-state index < -0.39 is 0 Å². The molecule has 2 aliphatic rings. The summed E-state index contributed by atoms with van der Waals surface area (Å²) in [7, 11) is 0. The van der Waals surface area contributed by atoms with Gasteiger partial charge in [-0.05, 0) is 24.0 Å². The first kappa shape index (κ1) is 14.6. The Kier molecular flexibility index (Phi) is 3.97. The smallest absolute Gasteiger partial charge is 0.225 e. The highest BCUT2D eigenvalue weighted by molar-refractivity contribution is 5.62. The third kappa shape index (κ3) is 3.21. The van der Waals surface area contributed by atoms with E-state index in [2.05, 4.69) is 44.0 Å². The minimum absolute atomic E-state index is 0.572. The number of rotatable bonds is 4. The fraction of sp³-hybridized carbons (Fsp3) is 0.444. The van der Waals surface area contributed by atoms with Gasteiger partial charge in [0.15, 0.2) is 0 Å². The molecule has 2 heterocycles. The molecule has 0 spiro atoms. The fourth-order valence-corrected chi connectivity index (χ4v) is 3.19. The average molecular weight is 309 g/mol. The fourth-order valence-electron chi connectivity index (χ4n) is 3.19. The minimum atomic E-state index is 0.572. The lowest BCUT2D eigenvalue weighted by Gasteiger charge is -2.34. The summed E-state index contributed by atoms with van der Waals surface area (Å²) in [5, 5.41) is 0. The normalized spacial score (nSPS) is 19.1. The molecule has 120 valence electrons. The monoisotopic (exact) mass is 309 g/mol. The van der Waals surface area contributed by atoms with Crippen molar-refractivity contribution in [2.45, 2.75) is 25.4 Å². The van der Waals surface area contributed by atoms with Crippen molar-refractivity contribution in [2.24, 2.45) is 5.73 Å². The summed E-state index contributed by atoms with van der Waals surface area (Å²) in [5.74, 6) is 0.850. The van der Waals surface area contributed by atoms with E-state index in [9.17, 15) is 0 Å². The quantitative estimate of drug-likeness (QED) is 0.934. The molecule has 1 saturated heterocycles. The van der Waals surface area contributed by atoms with E-state index in [1.165, 1.54) is 12.8 Å². The minimum Gasteiger partial charge on any atom is -0.338 e. The van der Waals surface area contributed by atoms with Crippen molar-refractivity contribution in [1.29, 1.82) is 0 Å². The maximum absolute atomic E-state index is 5.64. The summed E-state index contributed by atoms with van der Waals surface area (Å²) in [4.78, 5) is 14.0. The Hall–Kier alpha value is -1.98. The van der Waals surface area contributed by atoms with Crippen molar-refractivity contribution in [3.05, 3.63) is 42.2 Å². The molecule has 5 heteroatoms. The topological polar surface area (TPSA) is 58.3 Å². The predicted molar refractivity (Wildman–Crippen MR) is 92.2 cm³/mol. The summed E-state index contributed by atoms with van der Waals surface area (Å²) in [5.41, 5.74) is 8.96. The lowest BCUT2D eigenvalue weighted by Crippen LogP contribution is -2.47. The number of hydrogen-bond donors (Lipinski definition) is 1. The molecule has 0 atom stereocenters. The molecule has 5 nitrogen and oxygen atoms in total. The summed E-state index contributed by atoms with van der Waals surface area (Å²) < 4.78 is 0. The number of nitrogens with zero attached hydrogens (tertiary/aromatic N) is 4. The summed E-state index contributed by atoms with van der Waals surface area (Å²) in [6.45, 7) is 4.90. The Morgan fingerprint density at radius 3 is 2.13 bits per heavy atom. The summed E-state index contributed by atoms with van der Waals surface area (Å²) >= 11 is 0. The van der Waals surface area contributed by atoms with Crippen LogP contribution in [0.4, 0.5) is 5.95 Å². The van der Waals surface area contributed by atoms with Crippen LogP contribution in [-0.4, -0.2) is 47.1 Å². The van der Waals surface area contributed by atoms with Crippen LogP contribution in [0.5, 0.6) is 0 Å². The number of benzene rings is 1. The van der Waals surface area contributed by atoms with Gasteiger partial charge >= 0.3 is 0 Å². The Morgan fingerprint density at radius 1 is 0.913 bits per heavy atom. The zero-order valence-electron chi connectivity index (χ0n) is 13.4. The molecule has 2 N–H and O–H groups in total. The lowest BCUT2D eigenvalue weighted by molar-refractivity contribution is 0.247. The highest BCUT2D eigenvalue weighted by Crippen LogP contribution is 2.28. The van der Waals surface area contributed by atoms with Gasteiger partial charge in [-0.2, -0.15) is 0 Å². The molecule has 4 rings (SSSR count). The van der Waals surface area contributed by atoms with E-state index in [0.29, 0.717) is 6.54 Å². The zero-order chi connectivity index (χ0) is 15.6. The van der Waals surface area contributed by atoms with E-state index >= 15 is 0 Å². The number of aromatic nitrogens is 2. The first-order valence-electron chi connectivity index (χ1n) is 8.44. The second-order valence-electron chi connectivity index (χ2n) is 6.43. The van der Waals surface area contributed by atoms with Gasteiger partial charge in [0.2, 0.25) is 5.95 Å². The van der Waals surface area contributed by atoms with Crippen molar-refractivity contribution in [1.82, 2.24) is 14.9 Å². The molecule has 2 fully saturated rings. The highest BCUT2D eigenvalue weighted by Gasteiger charge is 2.31. The van der Waals surface area contributed by atoms with Crippen molar-refractivity contribution in [3.63, 3.8) is 0 Å². The predicted octanol–water partition coefficient (Wildman–Crippen LogP) is 1.89. The average Bonchev–Trinajstić information content (AvgIpc) is 3.47. The SMILES string of the molecule is NCc1ccc(-c2cnc(N3CCN(C4CC4)CC3)nc2)cc1. The first-order valence-corrected chi connectivity index (χ1v) is 8.44. The molecule has 0 radical (unpaired) electrons. The van der Waals surface area contributed by atoms with Gasteiger partial charge in [0.25, 0.3) is 0 Å². The van der Waals surface area contributed by atoms with E-state index in [1.807, 2.05) is 12.4 Å². The Morgan fingerprint density at radius 2 is 1.57 bits per heavy atom. The highest BCUT2D eigenvalue weighted by atomic mass is 15.3. The van der Waals surface area contributed by atoms with Crippen LogP contribution in [0.3, 0.4) is 0 Å². The van der Waals surface area contributed by atoms with E-state index in [-0.39, 0.29) is 0 Å². The maximum Gasteiger partial charge on any atom is 0.225 e. The Labute approximate surface area is 137 Å². The molecular formula is C18H23N5. The molecule has 0 unspecified atom stereocenters. The summed E-state index contributed by atoms with van der Waals surface area (Å²) in [6.07, 6.45) is 6.61. The second-order valence-corrected chi connectivity index (χ2v) is 6.43. The molecule has 23 heavy (non-hydrogen) atoms. The molecule has 1 saturated carbocycles. The molecule has 0 bridgehead atoms. The van der Waals surface area contributed by atoms with Crippen LogP contribution < -0.4 is 10.6 Å². The number of hydrogen-bond acceptors (Lipinski definition) is 5. The number of piperazine rings is 1. The van der Waals surface area contributed by atoms with E-state index in [1.54, 1.807) is 0 Å². The van der Waals surface area contributed by atoms with Crippen LogP contribution in [0.15, 0.2) is 36.7 Å². The number of anilines is 1. The van der Waals surface area contributed by atoms with Crippen molar-refractivity contribution in [3.8, 4) is 11.1 Å². The van der Waals surface area contributed by atoms with Gasteiger partial charge in [0, 0.05) is 56.7 Å². The second kappa shape index (κ2) is 6.26. The van der Waals surface area contributed by atoms with Gasteiger partial charge in [0.05, 0.1) is 0 Å². The zero-order valence-corrected chi connectivity index (χ0v) is 13.4. The first-order chi connectivity index (χ1) is 11.3. The van der Waals surface area contributed by atoms with Crippen LogP contribution in [0.1, 0.15) is 18.4 Å². The van der Waals surface area contributed by atoms with Crippen LogP contribution >= 0.6 is 0 Å². The van der Waals surface area contributed by atoms with Crippen LogP contribution in [0, 0.1) is 0 Å². The van der Waals surface area contributed by atoms with Crippen molar-refractivity contribution >= 4 is 5.95 Å². The van der Waals surface area contributed by atoms with E-state index in [4.69, 9.17) is 5.73 Å². The van der Waals surface area contributed by atoms with Gasteiger partial charge in [0.1, 0.15) is 0 Å². The largest absolute Gasteiger partial charge is 0.338 e. The van der Waals surface area contributed by atoms with Gasteiger partial charge in [-0.3, -0.25) is 4.90 Å². The lowest BCUT2D eigenvalue weighted by atomic mass is 10.1. The van der Waals surface area contributed by atoms with Crippen LogP contribution in [0.2, 0.25) is 0 Å². The molecule has 1 aromatic carbocycles. The molecule has 2 aromatic rings. The number of nitrogens with two attached hydrogens (primary N) is 1. The third-order valence-electron chi connectivity index (χ3n) is 4.82. The molecular weight excluding hydrogens is 286 g/mol. The standard InChI is InChI=1S/C18H23N5/c19-11-14-1-3-15(4-2-14)16-12-20-18(21-13-16)23-9-7-22(8-10-23)17-5-6-17/h1-4,12-13,17H,5-11,19H2. The molecule has 1 aromatic heterocycles. The van der Waals surface area contributed by atoms with Crippen LogP contribution in [-0.2, 0) is 6.54 Å².